The summed E-state index contributed by atoms with van der Waals surface area (Å²) in [6, 6.07) is 0. The van der Waals surface area contributed by atoms with Crippen LogP contribution in [0.1, 0.15) is 40.5 Å². The van der Waals surface area contributed by atoms with Crippen LogP contribution in [0.5, 0.6) is 0 Å². The summed E-state index contributed by atoms with van der Waals surface area (Å²) >= 11 is 0. The Bertz CT molecular complexity index is 194. The number of ether oxygens (including phenoxy) is 2. The van der Waals surface area contributed by atoms with E-state index in [4.69, 9.17) is 9.47 Å². The van der Waals surface area contributed by atoms with Gasteiger partial charge in [-0.05, 0) is 26.8 Å². The molecule has 0 N–H and O–H groups in total. The fraction of sp³-hybridized carbons (Fsp3) is 0.667. The number of hydrogen-bond donors (Lipinski definition) is 0. The second-order valence-electron chi connectivity index (χ2n) is 3.27. The maximum absolute atomic E-state index is 5.68. The van der Waals surface area contributed by atoms with Crippen LogP contribution in [0.25, 0.3) is 0 Å². The van der Waals surface area contributed by atoms with Crippen LogP contribution in [0.2, 0.25) is 0 Å². The predicted molar refractivity (Wildman–Crippen MR) is 60.0 cm³/mol. The number of allylic oxidation sites excluding steroid dienone is 2. The smallest absolute Gasteiger partial charge is 0.203 e. The van der Waals surface area contributed by atoms with Crippen LogP contribution < -0.4 is 0 Å². The second-order valence-corrected chi connectivity index (χ2v) is 3.27. The lowest BCUT2D eigenvalue weighted by Crippen LogP contribution is -2.17. The van der Waals surface area contributed by atoms with Crippen molar-refractivity contribution in [2.75, 3.05) is 6.61 Å². The Labute approximate surface area is 87.6 Å². The van der Waals surface area contributed by atoms with E-state index < -0.39 is 0 Å². The van der Waals surface area contributed by atoms with Gasteiger partial charge in [-0.25, -0.2) is 0 Å². The van der Waals surface area contributed by atoms with Crippen molar-refractivity contribution in [2.45, 2.75) is 46.8 Å². The molecule has 0 aliphatic rings. The highest BCUT2D eigenvalue weighted by atomic mass is 16.7. The Hall–Kier alpha value is -0.760. The van der Waals surface area contributed by atoms with Gasteiger partial charge in [0.25, 0.3) is 0 Å². The van der Waals surface area contributed by atoms with Gasteiger partial charge in [0, 0.05) is 19.4 Å². The highest BCUT2D eigenvalue weighted by Crippen LogP contribution is 2.14. The summed E-state index contributed by atoms with van der Waals surface area (Å²) in [6.07, 6.45) is 3.45. The third kappa shape index (κ3) is 5.81. The predicted octanol–water partition coefficient (Wildman–Crippen LogP) is 3.65. The van der Waals surface area contributed by atoms with Crippen molar-refractivity contribution in [1.82, 2.24) is 0 Å². The van der Waals surface area contributed by atoms with Gasteiger partial charge in [-0.2, -0.15) is 0 Å². The number of hydrogen-bond acceptors (Lipinski definition) is 2. The molecule has 0 saturated carbocycles. The summed E-state index contributed by atoms with van der Waals surface area (Å²) in [7, 11) is 0. The summed E-state index contributed by atoms with van der Waals surface area (Å²) in [5.41, 5.74) is 1.08. The normalized spacial score (nSPS) is 13.9. The van der Waals surface area contributed by atoms with Crippen LogP contribution >= 0.6 is 0 Å². The molecular formula is C12H22O2. The molecular weight excluding hydrogens is 176 g/mol. The molecule has 0 heterocycles. The average Bonchev–Trinajstić information content (AvgIpc) is 2.13. The minimum Gasteiger partial charge on any atom is -0.469 e. The molecule has 82 valence electrons. The Morgan fingerprint density at radius 3 is 2.43 bits per heavy atom. The van der Waals surface area contributed by atoms with Crippen LogP contribution in [-0.4, -0.2) is 12.9 Å². The Morgan fingerprint density at radius 1 is 1.43 bits per heavy atom. The largest absolute Gasteiger partial charge is 0.469 e. The molecule has 0 aromatic heterocycles. The van der Waals surface area contributed by atoms with E-state index in [1.54, 1.807) is 0 Å². The molecule has 0 radical (unpaired) electrons. The van der Waals surface area contributed by atoms with Crippen LogP contribution in [-0.2, 0) is 9.47 Å². The van der Waals surface area contributed by atoms with Crippen molar-refractivity contribution < 1.29 is 9.47 Å². The van der Waals surface area contributed by atoms with E-state index in [9.17, 15) is 0 Å². The van der Waals surface area contributed by atoms with Gasteiger partial charge in [-0.1, -0.05) is 19.1 Å². The topological polar surface area (TPSA) is 18.5 Å². The molecule has 0 fully saturated rings. The molecule has 2 heteroatoms. The molecule has 0 aliphatic heterocycles. The van der Waals surface area contributed by atoms with Gasteiger partial charge in [0.1, 0.15) is 0 Å². The van der Waals surface area contributed by atoms with E-state index in [1.165, 1.54) is 0 Å². The fourth-order valence-electron chi connectivity index (χ4n) is 1.13. The van der Waals surface area contributed by atoms with Gasteiger partial charge in [-0.3, -0.25) is 0 Å². The van der Waals surface area contributed by atoms with Gasteiger partial charge in [0.2, 0.25) is 6.29 Å². The molecule has 1 atom stereocenters. The van der Waals surface area contributed by atoms with Crippen LogP contribution in [0.3, 0.4) is 0 Å². The average molecular weight is 198 g/mol. The SMILES string of the molecule is C=C(C)CC(OCC)OC(=CC)CC. The first-order valence-electron chi connectivity index (χ1n) is 5.21. The van der Waals surface area contributed by atoms with Gasteiger partial charge in [0.05, 0.1) is 5.76 Å². The summed E-state index contributed by atoms with van der Waals surface area (Å²) < 4.78 is 11.1. The lowest BCUT2D eigenvalue weighted by atomic mass is 10.2. The van der Waals surface area contributed by atoms with Crippen molar-refractivity contribution in [3.05, 3.63) is 24.0 Å². The van der Waals surface area contributed by atoms with Crippen molar-refractivity contribution in [2.24, 2.45) is 0 Å². The van der Waals surface area contributed by atoms with Crippen LogP contribution in [0.15, 0.2) is 24.0 Å². The van der Waals surface area contributed by atoms with Gasteiger partial charge in [-0.15, -0.1) is 0 Å². The molecule has 2 nitrogen and oxygen atoms in total. The molecule has 0 rings (SSSR count). The molecule has 0 aliphatic carbocycles. The van der Waals surface area contributed by atoms with Crippen molar-refractivity contribution >= 4 is 0 Å². The lowest BCUT2D eigenvalue weighted by molar-refractivity contribution is -0.112. The van der Waals surface area contributed by atoms with Crippen LogP contribution in [0, 0.1) is 0 Å². The van der Waals surface area contributed by atoms with Crippen molar-refractivity contribution in [3.8, 4) is 0 Å². The first-order valence-corrected chi connectivity index (χ1v) is 5.21. The molecule has 0 spiro atoms. The van der Waals surface area contributed by atoms with E-state index in [0.29, 0.717) is 6.61 Å². The quantitative estimate of drug-likeness (QED) is 0.353. The van der Waals surface area contributed by atoms with Crippen molar-refractivity contribution in [3.63, 3.8) is 0 Å². The summed E-state index contributed by atoms with van der Waals surface area (Å²) in [6.45, 7) is 12.5. The lowest BCUT2D eigenvalue weighted by Gasteiger charge is -2.20. The Balaban J connectivity index is 4.13. The highest BCUT2D eigenvalue weighted by Gasteiger charge is 2.10. The molecule has 0 saturated heterocycles. The maximum Gasteiger partial charge on any atom is 0.203 e. The Kier molecular flexibility index (Phi) is 7.21. The van der Waals surface area contributed by atoms with Crippen molar-refractivity contribution in [1.29, 1.82) is 0 Å². The third-order valence-electron chi connectivity index (χ3n) is 1.82. The van der Waals surface area contributed by atoms with E-state index in [-0.39, 0.29) is 6.29 Å². The second kappa shape index (κ2) is 7.63. The first kappa shape index (κ1) is 13.2. The van der Waals surface area contributed by atoms with E-state index >= 15 is 0 Å². The summed E-state index contributed by atoms with van der Waals surface area (Å²) in [4.78, 5) is 0. The standard InChI is InChI=1S/C12H22O2/c1-6-11(7-2)14-12(13-8-3)9-10(4)5/h6,12H,4,7-9H2,1-3,5H3. The van der Waals surface area contributed by atoms with Crippen LogP contribution in [0.4, 0.5) is 0 Å². The summed E-state index contributed by atoms with van der Waals surface area (Å²) in [5, 5.41) is 0. The summed E-state index contributed by atoms with van der Waals surface area (Å²) in [5.74, 6) is 0.977. The molecule has 0 aromatic rings. The zero-order valence-electron chi connectivity index (χ0n) is 9.80. The maximum atomic E-state index is 5.68. The molecule has 1 unspecified atom stereocenters. The zero-order chi connectivity index (χ0) is 11.0. The van der Waals surface area contributed by atoms with E-state index in [1.807, 2.05) is 26.8 Å². The zero-order valence-corrected chi connectivity index (χ0v) is 9.80. The minimum absolute atomic E-state index is 0.177. The third-order valence-corrected chi connectivity index (χ3v) is 1.82. The number of rotatable bonds is 7. The van der Waals surface area contributed by atoms with Gasteiger partial charge < -0.3 is 9.47 Å². The fourth-order valence-corrected chi connectivity index (χ4v) is 1.13. The molecule has 0 amide bonds. The van der Waals surface area contributed by atoms with Gasteiger partial charge >= 0.3 is 0 Å². The highest BCUT2D eigenvalue weighted by molar-refractivity contribution is 4.93. The first-order chi connectivity index (χ1) is 6.63. The molecule has 14 heavy (non-hydrogen) atoms. The molecule has 0 bridgehead atoms. The van der Waals surface area contributed by atoms with Gasteiger partial charge in [0.15, 0.2) is 0 Å². The van der Waals surface area contributed by atoms with E-state index in [0.717, 1.165) is 24.2 Å². The minimum atomic E-state index is -0.177. The monoisotopic (exact) mass is 198 g/mol. The Morgan fingerprint density at radius 2 is 2.07 bits per heavy atom. The van der Waals surface area contributed by atoms with E-state index in [2.05, 4.69) is 13.5 Å². The molecule has 0 aromatic carbocycles.